The van der Waals surface area contributed by atoms with E-state index in [1.807, 2.05) is 0 Å². The average Bonchev–Trinajstić information content (AvgIpc) is 2.91. The van der Waals surface area contributed by atoms with Crippen LogP contribution in [-0.4, -0.2) is 54.1 Å². The highest BCUT2D eigenvalue weighted by Crippen LogP contribution is 2.38. The summed E-state index contributed by atoms with van der Waals surface area (Å²) in [5, 5.41) is 12.1. The van der Waals surface area contributed by atoms with Crippen molar-refractivity contribution in [2.45, 2.75) is 36.6 Å². The van der Waals surface area contributed by atoms with Crippen LogP contribution in [0.4, 0.5) is 0 Å². The summed E-state index contributed by atoms with van der Waals surface area (Å²) in [5.41, 5.74) is -0.451. The first-order valence-electron chi connectivity index (χ1n) is 8.31. The molecule has 1 amide bonds. The van der Waals surface area contributed by atoms with Crippen molar-refractivity contribution < 1.29 is 27.9 Å². The summed E-state index contributed by atoms with van der Waals surface area (Å²) in [7, 11) is -3.74. The molecule has 2 saturated heterocycles. The Bertz CT molecular complexity index is 854. The minimum absolute atomic E-state index is 0.0748. The number of sulfonamides is 1. The predicted molar refractivity (Wildman–Crippen MR) is 91.1 cm³/mol. The Morgan fingerprint density at radius 2 is 1.77 bits per heavy atom. The van der Waals surface area contributed by atoms with Gasteiger partial charge in [0.15, 0.2) is 5.78 Å². The molecule has 0 unspecified atom stereocenters. The van der Waals surface area contributed by atoms with E-state index in [0.717, 1.165) is 0 Å². The van der Waals surface area contributed by atoms with E-state index in [2.05, 4.69) is 5.32 Å². The van der Waals surface area contributed by atoms with Gasteiger partial charge in [-0.1, -0.05) is 12.1 Å². The van der Waals surface area contributed by atoms with Crippen molar-refractivity contribution in [1.82, 2.24) is 9.62 Å². The lowest BCUT2D eigenvalue weighted by Crippen LogP contribution is -2.56. The van der Waals surface area contributed by atoms with Crippen LogP contribution in [0, 0.1) is 5.92 Å². The van der Waals surface area contributed by atoms with Gasteiger partial charge < -0.3 is 10.4 Å². The molecule has 1 spiro atoms. The van der Waals surface area contributed by atoms with Crippen LogP contribution < -0.4 is 5.32 Å². The molecule has 0 radical (unpaired) electrons. The maximum atomic E-state index is 12.8. The molecule has 0 aromatic heterocycles. The number of amides is 1. The summed E-state index contributed by atoms with van der Waals surface area (Å²) >= 11 is 0. The standard InChI is InChI=1S/C17H20N2O6S/c1-11(20)12-2-4-13(5-3-12)26(24,25)19-8-6-17(7-9-19)14(16(22)23)10-15(21)18-17/h2-5,14H,6-10H2,1H3,(H,18,21)(H,22,23)/t14-/m1/s1. The predicted octanol–water partition coefficient (Wildman–Crippen LogP) is 0.633. The number of piperidine rings is 1. The molecule has 2 fully saturated rings. The maximum absolute atomic E-state index is 12.8. The van der Waals surface area contributed by atoms with Gasteiger partial charge in [0.05, 0.1) is 16.4 Å². The summed E-state index contributed by atoms with van der Waals surface area (Å²) in [4.78, 5) is 34.5. The van der Waals surface area contributed by atoms with Crippen LogP contribution in [0.25, 0.3) is 0 Å². The van der Waals surface area contributed by atoms with E-state index in [9.17, 15) is 27.9 Å². The highest BCUT2D eigenvalue weighted by atomic mass is 32.2. The van der Waals surface area contributed by atoms with Crippen molar-refractivity contribution in [2.24, 2.45) is 5.92 Å². The number of aliphatic carboxylic acids is 1. The third-order valence-corrected chi connectivity index (χ3v) is 7.17. The number of ketones is 1. The number of hydrogen-bond donors (Lipinski definition) is 2. The van der Waals surface area contributed by atoms with Gasteiger partial charge in [0, 0.05) is 25.1 Å². The van der Waals surface area contributed by atoms with Crippen molar-refractivity contribution >= 4 is 27.7 Å². The smallest absolute Gasteiger partial charge is 0.309 e. The number of rotatable bonds is 4. The molecule has 2 aliphatic rings. The molecule has 1 aromatic rings. The fourth-order valence-electron chi connectivity index (χ4n) is 3.73. The van der Waals surface area contributed by atoms with Gasteiger partial charge in [0.1, 0.15) is 0 Å². The summed E-state index contributed by atoms with van der Waals surface area (Å²) in [6, 6.07) is 5.73. The molecular formula is C17H20N2O6S. The largest absolute Gasteiger partial charge is 0.481 e. The van der Waals surface area contributed by atoms with E-state index >= 15 is 0 Å². The Hall–Kier alpha value is -2.26. The summed E-state index contributed by atoms with van der Waals surface area (Å²) in [6.45, 7) is 1.66. The topological polar surface area (TPSA) is 121 Å². The summed E-state index contributed by atoms with van der Waals surface area (Å²) in [6.07, 6.45) is 0.426. The summed E-state index contributed by atoms with van der Waals surface area (Å²) in [5.74, 6) is -2.34. The normalized spacial score (nSPS) is 23.0. The second-order valence-electron chi connectivity index (χ2n) is 6.78. The van der Waals surface area contributed by atoms with Gasteiger partial charge in [-0.2, -0.15) is 4.31 Å². The second-order valence-corrected chi connectivity index (χ2v) is 8.72. The van der Waals surface area contributed by atoms with E-state index in [0.29, 0.717) is 5.56 Å². The van der Waals surface area contributed by atoms with Crippen molar-refractivity contribution in [3.63, 3.8) is 0 Å². The van der Waals surface area contributed by atoms with Crippen LogP contribution in [0.15, 0.2) is 29.2 Å². The third kappa shape index (κ3) is 3.12. The molecule has 1 atom stereocenters. The first-order chi connectivity index (χ1) is 12.2. The average molecular weight is 380 g/mol. The Morgan fingerprint density at radius 3 is 2.27 bits per heavy atom. The van der Waals surface area contributed by atoms with Gasteiger partial charge in [-0.3, -0.25) is 14.4 Å². The minimum Gasteiger partial charge on any atom is -0.481 e. The quantitative estimate of drug-likeness (QED) is 0.739. The van der Waals surface area contributed by atoms with Gasteiger partial charge in [0.2, 0.25) is 15.9 Å². The third-order valence-electron chi connectivity index (χ3n) is 5.26. The van der Waals surface area contributed by atoms with Crippen LogP contribution >= 0.6 is 0 Å². The minimum atomic E-state index is -3.74. The number of carbonyl (C=O) groups is 3. The molecule has 2 aliphatic heterocycles. The van der Waals surface area contributed by atoms with Crippen molar-refractivity contribution in [1.29, 1.82) is 0 Å². The first kappa shape index (κ1) is 18.5. The Kier molecular flexibility index (Phi) is 4.61. The monoisotopic (exact) mass is 380 g/mol. The van der Waals surface area contributed by atoms with E-state index < -0.39 is 27.4 Å². The van der Waals surface area contributed by atoms with Crippen LogP contribution in [0.3, 0.4) is 0 Å². The molecule has 0 saturated carbocycles. The molecule has 3 rings (SSSR count). The molecule has 2 heterocycles. The lowest BCUT2D eigenvalue weighted by atomic mass is 9.78. The highest BCUT2D eigenvalue weighted by Gasteiger charge is 2.52. The number of Topliss-reactive ketones (excluding diaryl/α,β-unsaturated/α-hetero) is 1. The zero-order chi connectivity index (χ0) is 19.1. The Balaban J connectivity index is 1.77. The maximum Gasteiger partial charge on any atom is 0.309 e. The second kappa shape index (κ2) is 6.48. The van der Waals surface area contributed by atoms with E-state index in [-0.39, 0.29) is 48.9 Å². The Labute approximate surface area is 151 Å². The van der Waals surface area contributed by atoms with E-state index in [1.54, 1.807) is 0 Å². The molecule has 26 heavy (non-hydrogen) atoms. The number of carbonyl (C=O) groups excluding carboxylic acids is 2. The number of carboxylic acid groups (broad SMARTS) is 1. The van der Waals surface area contributed by atoms with Gasteiger partial charge in [-0.25, -0.2) is 8.42 Å². The molecule has 9 heteroatoms. The van der Waals surface area contributed by atoms with Gasteiger partial charge in [0.25, 0.3) is 0 Å². The van der Waals surface area contributed by atoms with Crippen molar-refractivity contribution in [2.75, 3.05) is 13.1 Å². The van der Waals surface area contributed by atoms with Crippen LogP contribution in [-0.2, 0) is 19.6 Å². The van der Waals surface area contributed by atoms with Gasteiger partial charge in [-0.15, -0.1) is 0 Å². The van der Waals surface area contributed by atoms with Crippen LogP contribution in [0.1, 0.15) is 36.5 Å². The SMILES string of the molecule is CC(=O)c1ccc(S(=O)(=O)N2CCC3(CC2)NC(=O)C[C@@H]3C(=O)O)cc1. The fraction of sp³-hybridized carbons (Fsp3) is 0.471. The van der Waals surface area contributed by atoms with Crippen molar-refractivity contribution in [3.05, 3.63) is 29.8 Å². The molecule has 1 aromatic carbocycles. The number of nitrogens with one attached hydrogen (secondary N) is 1. The number of benzene rings is 1. The zero-order valence-electron chi connectivity index (χ0n) is 14.3. The number of hydrogen-bond acceptors (Lipinski definition) is 5. The molecular weight excluding hydrogens is 360 g/mol. The van der Waals surface area contributed by atoms with Crippen molar-refractivity contribution in [3.8, 4) is 0 Å². The fourth-order valence-corrected chi connectivity index (χ4v) is 5.17. The zero-order valence-corrected chi connectivity index (χ0v) is 15.1. The number of carboxylic acids is 1. The van der Waals surface area contributed by atoms with Crippen LogP contribution in [0.2, 0.25) is 0 Å². The first-order valence-corrected chi connectivity index (χ1v) is 9.75. The van der Waals surface area contributed by atoms with E-state index in [4.69, 9.17) is 0 Å². The molecule has 8 nitrogen and oxygen atoms in total. The van der Waals surface area contributed by atoms with Crippen LogP contribution in [0.5, 0.6) is 0 Å². The molecule has 0 aliphatic carbocycles. The molecule has 140 valence electrons. The lowest BCUT2D eigenvalue weighted by molar-refractivity contribution is -0.144. The van der Waals surface area contributed by atoms with E-state index in [1.165, 1.54) is 35.5 Å². The number of nitrogens with zero attached hydrogens (tertiary/aromatic N) is 1. The van der Waals surface area contributed by atoms with Gasteiger partial charge in [-0.05, 0) is 31.9 Å². The highest BCUT2D eigenvalue weighted by molar-refractivity contribution is 7.89. The molecule has 0 bridgehead atoms. The summed E-state index contributed by atoms with van der Waals surface area (Å²) < 4.78 is 26.9. The lowest BCUT2D eigenvalue weighted by Gasteiger charge is -2.40. The Morgan fingerprint density at radius 1 is 1.19 bits per heavy atom. The molecule has 2 N–H and O–H groups in total. The van der Waals surface area contributed by atoms with Gasteiger partial charge >= 0.3 is 5.97 Å².